The highest BCUT2D eigenvalue weighted by molar-refractivity contribution is 8.13. The van der Waals surface area contributed by atoms with Gasteiger partial charge in [0.1, 0.15) is 5.75 Å². The van der Waals surface area contributed by atoms with Crippen LogP contribution in [-0.2, 0) is 9.53 Å². The summed E-state index contributed by atoms with van der Waals surface area (Å²) in [7, 11) is 1.29. The number of aliphatic carboxylic acids is 1. The average Bonchev–Trinajstić information content (AvgIpc) is 2.74. The summed E-state index contributed by atoms with van der Waals surface area (Å²) >= 11 is 2.36. The highest BCUT2D eigenvalue weighted by atomic mass is 32.2. The Bertz CT molecular complexity index is 991. The lowest BCUT2D eigenvalue weighted by Crippen LogP contribution is -2.17. The van der Waals surface area contributed by atoms with Gasteiger partial charge in [-0.1, -0.05) is 31.2 Å². The molecule has 0 saturated heterocycles. The van der Waals surface area contributed by atoms with Crippen molar-refractivity contribution in [3.05, 3.63) is 53.6 Å². The van der Waals surface area contributed by atoms with E-state index >= 15 is 0 Å². The SMILES string of the molecule is CC1CC(=O)c2cccc(C(=O)O)c2S1.COC(=O)Sc1ccccc1OCCC(=O)O. The van der Waals surface area contributed by atoms with Crippen molar-refractivity contribution in [2.24, 2.45) is 0 Å². The molecule has 10 heteroatoms. The summed E-state index contributed by atoms with van der Waals surface area (Å²) in [5, 5.41) is 17.2. The topological polar surface area (TPSA) is 127 Å². The molecule has 1 aliphatic heterocycles. The first-order chi connectivity index (χ1) is 15.2. The minimum Gasteiger partial charge on any atom is -0.492 e. The van der Waals surface area contributed by atoms with E-state index in [4.69, 9.17) is 14.9 Å². The Morgan fingerprint density at radius 3 is 2.50 bits per heavy atom. The number of hydrogen-bond acceptors (Lipinski definition) is 8. The molecule has 1 heterocycles. The van der Waals surface area contributed by atoms with Crippen molar-refractivity contribution in [2.45, 2.75) is 34.8 Å². The van der Waals surface area contributed by atoms with Crippen LogP contribution in [0.3, 0.4) is 0 Å². The van der Waals surface area contributed by atoms with Crippen molar-refractivity contribution in [3.63, 3.8) is 0 Å². The number of carbonyl (C=O) groups is 4. The lowest BCUT2D eigenvalue weighted by atomic mass is 10.0. The number of carbonyl (C=O) groups excluding carboxylic acids is 2. The number of Topliss-reactive ketones (excluding diaryl/α,β-unsaturated/α-hetero) is 1. The van der Waals surface area contributed by atoms with Gasteiger partial charge in [-0.3, -0.25) is 9.59 Å². The molecule has 0 spiro atoms. The molecular formula is C22H22O8S2. The lowest BCUT2D eigenvalue weighted by molar-refractivity contribution is -0.137. The number of aromatic carboxylic acids is 1. The molecule has 0 bridgehead atoms. The molecule has 2 aromatic rings. The number of ether oxygens (including phenoxy) is 2. The van der Waals surface area contributed by atoms with Gasteiger partial charge < -0.3 is 19.7 Å². The van der Waals surface area contributed by atoms with Crippen molar-refractivity contribution in [1.29, 1.82) is 0 Å². The van der Waals surface area contributed by atoms with Crippen LogP contribution in [0.5, 0.6) is 5.75 Å². The quantitative estimate of drug-likeness (QED) is 0.439. The first kappa shape index (κ1) is 25.3. The zero-order valence-electron chi connectivity index (χ0n) is 17.4. The van der Waals surface area contributed by atoms with Crippen molar-refractivity contribution in [2.75, 3.05) is 13.7 Å². The number of methoxy groups -OCH3 is 1. The van der Waals surface area contributed by atoms with Crippen LogP contribution in [0, 0.1) is 0 Å². The third-order valence-corrected chi connectivity index (χ3v) is 6.26. The third-order valence-electron chi connectivity index (χ3n) is 4.12. The highest BCUT2D eigenvalue weighted by Crippen LogP contribution is 2.37. The van der Waals surface area contributed by atoms with Crippen molar-refractivity contribution >= 4 is 46.5 Å². The molecule has 2 aromatic carbocycles. The summed E-state index contributed by atoms with van der Waals surface area (Å²) in [5.74, 6) is -1.38. The van der Waals surface area contributed by atoms with Gasteiger partial charge in [-0.05, 0) is 30.0 Å². The Balaban J connectivity index is 0.000000228. The normalized spacial score (nSPS) is 14.4. The molecule has 1 unspecified atom stereocenters. The summed E-state index contributed by atoms with van der Waals surface area (Å²) < 4.78 is 9.81. The molecule has 0 amide bonds. The Morgan fingerprint density at radius 2 is 1.84 bits per heavy atom. The van der Waals surface area contributed by atoms with Crippen LogP contribution in [0.4, 0.5) is 4.79 Å². The van der Waals surface area contributed by atoms with Crippen molar-refractivity contribution in [3.8, 4) is 5.75 Å². The van der Waals surface area contributed by atoms with Gasteiger partial charge in [-0.15, -0.1) is 11.8 Å². The minimum atomic E-state index is -0.971. The maximum Gasteiger partial charge on any atom is 0.372 e. The number of thioether (sulfide) groups is 2. The first-order valence-electron chi connectivity index (χ1n) is 9.48. The summed E-state index contributed by atoms with van der Waals surface area (Å²) in [5.41, 5.74) is 0.787. The van der Waals surface area contributed by atoms with E-state index in [0.29, 0.717) is 27.5 Å². The number of hydrogen-bond donors (Lipinski definition) is 2. The molecule has 0 saturated carbocycles. The van der Waals surface area contributed by atoms with E-state index in [2.05, 4.69) is 4.74 Å². The summed E-state index contributed by atoms with van der Waals surface area (Å²) in [6.45, 7) is 2.00. The molecule has 1 aliphatic rings. The standard InChI is InChI=1S/C11H12O5S.C11H10O3S/c1-15-11(14)17-9-5-3-2-4-8(9)16-7-6-10(12)13;1-6-5-9(12)7-3-2-4-8(11(13)14)10(7)15-6/h2-5H,6-7H2,1H3,(H,12,13);2-4,6H,5H2,1H3,(H,13,14). The lowest BCUT2D eigenvalue weighted by Gasteiger charge is -2.20. The predicted molar refractivity (Wildman–Crippen MR) is 120 cm³/mol. The number of benzene rings is 2. The van der Waals surface area contributed by atoms with Crippen LogP contribution in [0.1, 0.15) is 40.5 Å². The highest BCUT2D eigenvalue weighted by Gasteiger charge is 2.26. The van der Waals surface area contributed by atoms with E-state index in [-0.39, 0.29) is 29.6 Å². The van der Waals surface area contributed by atoms with Crippen molar-refractivity contribution in [1.82, 2.24) is 0 Å². The maximum atomic E-state index is 11.7. The predicted octanol–water partition coefficient (Wildman–Crippen LogP) is 4.85. The Hall–Kier alpha value is -2.98. The summed E-state index contributed by atoms with van der Waals surface area (Å²) in [6.07, 6.45) is 0.401. The van der Waals surface area contributed by atoms with E-state index in [0.717, 1.165) is 11.8 Å². The molecule has 32 heavy (non-hydrogen) atoms. The number of fused-ring (bicyclic) bond motifs is 1. The van der Waals surface area contributed by atoms with E-state index in [1.165, 1.54) is 18.9 Å². The van der Waals surface area contributed by atoms with Gasteiger partial charge in [0.2, 0.25) is 0 Å². The van der Waals surface area contributed by atoms with E-state index in [9.17, 15) is 19.2 Å². The molecule has 3 rings (SSSR count). The number of para-hydroxylation sites is 1. The van der Waals surface area contributed by atoms with Gasteiger partial charge in [-0.2, -0.15) is 0 Å². The Morgan fingerprint density at radius 1 is 1.12 bits per heavy atom. The van der Waals surface area contributed by atoms with Crippen LogP contribution in [0.25, 0.3) is 0 Å². The second-order valence-corrected chi connectivity index (χ2v) is 8.96. The van der Waals surface area contributed by atoms with Crippen LogP contribution in [0.15, 0.2) is 52.3 Å². The fraction of sp³-hybridized carbons (Fsp3) is 0.273. The van der Waals surface area contributed by atoms with Crippen LogP contribution in [0.2, 0.25) is 0 Å². The van der Waals surface area contributed by atoms with Gasteiger partial charge in [0.15, 0.2) is 5.78 Å². The third kappa shape index (κ3) is 7.31. The first-order valence-corrected chi connectivity index (χ1v) is 11.2. The molecule has 170 valence electrons. The fourth-order valence-electron chi connectivity index (χ4n) is 2.70. The number of carboxylic acids is 2. The Kier molecular flexibility index (Phi) is 9.61. The second-order valence-electron chi connectivity index (χ2n) is 6.54. The van der Waals surface area contributed by atoms with Gasteiger partial charge in [0, 0.05) is 22.1 Å². The Labute approximate surface area is 193 Å². The molecule has 0 radical (unpaired) electrons. The van der Waals surface area contributed by atoms with Gasteiger partial charge in [0.05, 0.1) is 30.6 Å². The molecule has 0 fully saturated rings. The molecule has 1 atom stereocenters. The maximum absolute atomic E-state index is 11.7. The number of carboxylic acid groups (broad SMARTS) is 2. The zero-order valence-corrected chi connectivity index (χ0v) is 19.0. The molecular weight excluding hydrogens is 456 g/mol. The van der Waals surface area contributed by atoms with E-state index in [1.54, 1.807) is 42.5 Å². The number of rotatable bonds is 6. The largest absolute Gasteiger partial charge is 0.492 e. The van der Waals surface area contributed by atoms with E-state index < -0.39 is 17.2 Å². The smallest absolute Gasteiger partial charge is 0.372 e. The monoisotopic (exact) mass is 478 g/mol. The summed E-state index contributed by atoms with van der Waals surface area (Å²) in [6, 6.07) is 11.7. The summed E-state index contributed by atoms with van der Waals surface area (Å²) in [4.78, 5) is 45.3. The molecule has 8 nitrogen and oxygen atoms in total. The number of ketones is 1. The zero-order chi connectivity index (χ0) is 23.7. The van der Waals surface area contributed by atoms with E-state index in [1.807, 2.05) is 6.92 Å². The second kappa shape index (κ2) is 12.2. The van der Waals surface area contributed by atoms with Gasteiger partial charge in [-0.25, -0.2) is 9.59 Å². The van der Waals surface area contributed by atoms with Gasteiger partial charge in [0.25, 0.3) is 0 Å². The molecule has 0 aromatic heterocycles. The average molecular weight is 479 g/mol. The van der Waals surface area contributed by atoms with Gasteiger partial charge >= 0.3 is 17.2 Å². The van der Waals surface area contributed by atoms with Crippen LogP contribution >= 0.6 is 23.5 Å². The molecule has 0 aliphatic carbocycles. The minimum absolute atomic E-state index is 0.0411. The van der Waals surface area contributed by atoms with Crippen LogP contribution < -0.4 is 4.74 Å². The fourth-order valence-corrected chi connectivity index (χ4v) is 4.56. The van der Waals surface area contributed by atoms with Crippen LogP contribution in [-0.4, -0.2) is 52.2 Å². The van der Waals surface area contributed by atoms with Crippen molar-refractivity contribution < 1.29 is 38.9 Å². The molecule has 2 N–H and O–H groups in total.